The van der Waals surface area contributed by atoms with Crippen LogP contribution >= 0.6 is 0 Å². The Kier molecular flexibility index (Phi) is 7.29. The summed E-state index contributed by atoms with van der Waals surface area (Å²) < 4.78 is 37.7. The van der Waals surface area contributed by atoms with Crippen LogP contribution in [0.25, 0.3) is 0 Å². The Balaban J connectivity index is 1.66. The van der Waals surface area contributed by atoms with Crippen LogP contribution in [0, 0.1) is 6.92 Å². The molecule has 1 saturated heterocycles. The number of hydrogen-bond acceptors (Lipinski definition) is 6. The van der Waals surface area contributed by atoms with Crippen molar-refractivity contribution in [3.05, 3.63) is 53.6 Å². The number of piperidine rings is 1. The molecule has 31 heavy (non-hydrogen) atoms. The Labute approximate surface area is 182 Å². The van der Waals surface area contributed by atoms with Crippen LogP contribution < -0.4 is 10.1 Å². The summed E-state index contributed by atoms with van der Waals surface area (Å²) in [6.45, 7) is 2.20. The molecule has 1 amide bonds. The van der Waals surface area contributed by atoms with Gasteiger partial charge in [0, 0.05) is 18.8 Å². The number of esters is 1. The predicted octanol–water partition coefficient (Wildman–Crippen LogP) is 2.97. The highest BCUT2D eigenvalue weighted by atomic mass is 32.2. The van der Waals surface area contributed by atoms with E-state index in [4.69, 9.17) is 9.47 Å². The molecule has 1 fully saturated rings. The molecule has 8 nitrogen and oxygen atoms in total. The molecular formula is C22H26N2O6S. The van der Waals surface area contributed by atoms with Crippen LogP contribution in [-0.2, 0) is 19.6 Å². The zero-order chi connectivity index (χ0) is 22.4. The van der Waals surface area contributed by atoms with Crippen molar-refractivity contribution >= 4 is 27.6 Å². The van der Waals surface area contributed by atoms with Crippen LogP contribution in [0.2, 0.25) is 0 Å². The van der Waals surface area contributed by atoms with Gasteiger partial charge in [0.1, 0.15) is 11.3 Å². The summed E-state index contributed by atoms with van der Waals surface area (Å²) in [6.07, 6.45) is 2.70. The quantitative estimate of drug-likeness (QED) is 0.656. The van der Waals surface area contributed by atoms with Crippen molar-refractivity contribution in [1.82, 2.24) is 4.31 Å². The van der Waals surface area contributed by atoms with E-state index in [9.17, 15) is 18.0 Å². The zero-order valence-electron chi connectivity index (χ0n) is 17.6. The highest BCUT2D eigenvalue weighted by Crippen LogP contribution is 2.26. The third kappa shape index (κ3) is 5.42. The first-order chi connectivity index (χ1) is 14.8. The normalized spacial score (nSPS) is 14.6. The average Bonchev–Trinajstić information content (AvgIpc) is 2.79. The molecule has 1 aliphatic rings. The monoisotopic (exact) mass is 446 g/mol. The van der Waals surface area contributed by atoms with E-state index in [1.807, 2.05) is 0 Å². The van der Waals surface area contributed by atoms with Crippen LogP contribution in [-0.4, -0.2) is 51.4 Å². The van der Waals surface area contributed by atoms with Crippen molar-refractivity contribution < 1.29 is 27.5 Å². The van der Waals surface area contributed by atoms with Gasteiger partial charge in [0.15, 0.2) is 6.61 Å². The molecule has 0 bridgehead atoms. The first-order valence-corrected chi connectivity index (χ1v) is 11.5. The van der Waals surface area contributed by atoms with Gasteiger partial charge in [-0.15, -0.1) is 0 Å². The highest BCUT2D eigenvalue weighted by molar-refractivity contribution is 7.89. The summed E-state index contributed by atoms with van der Waals surface area (Å²) in [6, 6.07) is 11.2. The second-order valence-electron chi connectivity index (χ2n) is 7.27. The van der Waals surface area contributed by atoms with Crippen LogP contribution in [0.4, 0.5) is 5.69 Å². The number of amides is 1. The van der Waals surface area contributed by atoms with Gasteiger partial charge in [-0.3, -0.25) is 4.79 Å². The number of carbonyl (C=O) groups excluding carboxylic acids is 2. The molecule has 2 aromatic carbocycles. The highest BCUT2D eigenvalue weighted by Gasteiger charge is 2.27. The Morgan fingerprint density at radius 3 is 2.48 bits per heavy atom. The number of para-hydroxylation sites is 1. The minimum atomic E-state index is -3.64. The van der Waals surface area contributed by atoms with Gasteiger partial charge < -0.3 is 14.8 Å². The third-order valence-corrected chi connectivity index (χ3v) is 7.11. The molecule has 2 aromatic rings. The summed E-state index contributed by atoms with van der Waals surface area (Å²) in [5.41, 5.74) is 1.13. The SMILES string of the molecule is COc1ccccc1C(=O)OCC(=O)Nc1ccc(C)c(S(=O)(=O)N2CCCCC2)c1. The first kappa shape index (κ1) is 22.8. The van der Waals surface area contributed by atoms with Gasteiger partial charge in [0.25, 0.3) is 5.91 Å². The molecule has 0 radical (unpaired) electrons. The topological polar surface area (TPSA) is 102 Å². The molecule has 3 rings (SSSR count). The van der Waals surface area contributed by atoms with Crippen LogP contribution in [0.5, 0.6) is 5.75 Å². The number of sulfonamides is 1. The number of ether oxygens (including phenoxy) is 2. The fourth-order valence-corrected chi connectivity index (χ4v) is 5.19. The van der Waals surface area contributed by atoms with Gasteiger partial charge in [0.05, 0.1) is 12.0 Å². The first-order valence-electron chi connectivity index (χ1n) is 10.0. The predicted molar refractivity (Wildman–Crippen MR) is 116 cm³/mol. The Hall–Kier alpha value is -2.91. The molecule has 0 saturated carbocycles. The minimum absolute atomic E-state index is 0.165. The van der Waals surface area contributed by atoms with Crippen LogP contribution in [0.15, 0.2) is 47.4 Å². The van der Waals surface area contributed by atoms with Crippen LogP contribution in [0.1, 0.15) is 35.2 Å². The second-order valence-corrected chi connectivity index (χ2v) is 9.18. The summed E-state index contributed by atoms with van der Waals surface area (Å²) >= 11 is 0. The molecule has 0 aromatic heterocycles. The largest absolute Gasteiger partial charge is 0.496 e. The lowest BCUT2D eigenvalue weighted by Gasteiger charge is -2.26. The van der Waals surface area contributed by atoms with Gasteiger partial charge in [-0.25, -0.2) is 13.2 Å². The third-order valence-electron chi connectivity index (χ3n) is 5.07. The standard InChI is InChI=1S/C22H26N2O6S/c1-16-10-11-17(14-20(16)31(27,28)24-12-6-3-7-13-24)23-21(25)15-30-22(26)18-8-4-5-9-19(18)29-2/h4-5,8-11,14H,3,6-7,12-13,15H2,1-2H3,(H,23,25). The smallest absolute Gasteiger partial charge is 0.342 e. The summed E-state index contributed by atoms with van der Waals surface area (Å²) in [5.74, 6) is -0.919. The maximum Gasteiger partial charge on any atom is 0.342 e. The van der Waals surface area contributed by atoms with Gasteiger partial charge in [0.2, 0.25) is 10.0 Å². The fourth-order valence-electron chi connectivity index (χ4n) is 3.42. The lowest BCUT2D eigenvalue weighted by Crippen LogP contribution is -2.36. The van der Waals surface area contributed by atoms with Crippen molar-refractivity contribution in [2.75, 3.05) is 32.1 Å². The number of aryl methyl sites for hydroxylation is 1. The van der Waals surface area contributed by atoms with E-state index in [1.54, 1.807) is 37.3 Å². The van der Waals surface area contributed by atoms with E-state index >= 15 is 0 Å². The molecular weight excluding hydrogens is 420 g/mol. The Morgan fingerprint density at radius 2 is 1.77 bits per heavy atom. The molecule has 1 N–H and O–H groups in total. The van der Waals surface area contributed by atoms with Crippen molar-refractivity contribution in [2.24, 2.45) is 0 Å². The van der Waals surface area contributed by atoms with Gasteiger partial charge in [-0.2, -0.15) is 4.31 Å². The number of hydrogen-bond donors (Lipinski definition) is 1. The van der Waals surface area contributed by atoms with E-state index < -0.39 is 28.5 Å². The average molecular weight is 447 g/mol. The molecule has 9 heteroatoms. The lowest BCUT2D eigenvalue weighted by atomic mass is 10.2. The maximum absolute atomic E-state index is 13.0. The Morgan fingerprint density at radius 1 is 1.06 bits per heavy atom. The fraction of sp³-hybridized carbons (Fsp3) is 0.364. The number of rotatable bonds is 7. The van der Waals surface area contributed by atoms with Crippen molar-refractivity contribution in [3.8, 4) is 5.75 Å². The maximum atomic E-state index is 13.0. The lowest BCUT2D eigenvalue weighted by molar-refractivity contribution is -0.119. The number of benzene rings is 2. The van der Waals surface area contributed by atoms with Gasteiger partial charge >= 0.3 is 5.97 Å². The van der Waals surface area contributed by atoms with E-state index in [0.29, 0.717) is 30.1 Å². The summed E-state index contributed by atoms with van der Waals surface area (Å²) in [5, 5.41) is 2.59. The number of carbonyl (C=O) groups is 2. The zero-order valence-corrected chi connectivity index (χ0v) is 18.4. The molecule has 1 heterocycles. The van der Waals surface area contributed by atoms with E-state index in [0.717, 1.165) is 19.3 Å². The van der Waals surface area contributed by atoms with Crippen molar-refractivity contribution in [3.63, 3.8) is 0 Å². The van der Waals surface area contributed by atoms with Gasteiger partial charge in [-0.1, -0.05) is 24.6 Å². The van der Waals surface area contributed by atoms with E-state index in [2.05, 4.69) is 5.32 Å². The van der Waals surface area contributed by atoms with Crippen molar-refractivity contribution in [2.45, 2.75) is 31.1 Å². The number of methoxy groups -OCH3 is 1. The number of anilines is 1. The number of nitrogens with zero attached hydrogens (tertiary/aromatic N) is 1. The molecule has 0 unspecified atom stereocenters. The summed E-state index contributed by atoms with van der Waals surface area (Å²) in [4.78, 5) is 24.7. The van der Waals surface area contributed by atoms with E-state index in [1.165, 1.54) is 23.5 Å². The molecule has 0 aliphatic carbocycles. The minimum Gasteiger partial charge on any atom is -0.496 e. The molecule has 1 aliphatic heterocycles. The van der Waals surface area contributed by atoms with Gasteiger partial charge in [-0.05, 0) is 49.6 Å². The Bertz CT molecular complexity index is 1060. The van der Waals surface area contributed by atoms with E-state index in [-0.39, 0.29) is 10.5 Å². The van der Waals surface area contributed by atoms with Crippen LogP contribution in [0.3, 0.4) is 0 Å². The molecule has 0 atom stereocenters. The van der Waals surface area contributed by atoms with Crippen molar-refractivity contribution in [1.29, 1.82) is 0 Å². The molecule has 0 spiro atoms. The second kappa shape index (κ2) is 9.93. The molecule has 166 valence electrons. The number of nitrogens with one attached hydrogen (secondary N) is 1. The summed E-state index contributed by atoms with van der Waals surface area (Å²) in [7, 11) is -2.20.